The molecule has 3 heterocycles. The zero-order valence-electron chi connectivity index (χ0n) is 14.2. The molecule has 1 N–H and O–H groups in total. The molecule has 3 fully saturated rings. The number of allylic oxidation sites excluding steroid dienone is 1. The molecule has 3 aliphatic rings. The van der Waals surface area contributed by atoms with E-state index in [0.717, 1.165) is 32.5 Å². The van der Waals surface area contributed by atoms with E-state index in [2.05, 4.69) is 16.3 Å². The molecule has 0 saturated carbocycles. The highest BCUT2D eigenvalue weighted by Gasteiger charge is 2.34. The van der Waals surface area contributed by atoms with Gasteiger partial charge < -0.3 is 15.0 Å². The average molecular weight is 339 g/mol. The molecule has 130 valence electrons. The summed E-state index contributed by atoms with van der Waals surface area (Å²) in [5, 5.41) is 12.4. The third-order valence-corrected chi connectivity index (χ3v) is 4.79. The molecule has 1 aromatic rings. The zero-order chi connectivity index (χ0) is 17.8. The number of benzene rings is 1. The molecule has 0 aromatic heterocycles. The highest BCUT2D eigenvalue weighted by molar-refractivity contribution is 5.98. The molecular formula is C19H21N3O3. The molecule has 25 heavy (non-hydrogen) atoms. The quantitative estimate of drug-likeness (QED) is 0.391. The van der Waals surface area contributed by atoms with Crippen LogP contribution in [0.25, 0.3) is 5.57 Å². The maximum atomic E-state index is 12.4. The van der Waals surface area contributed by atoms with Crippen molar-refractivity contribution in [3.63, 3.8) is 0 Å². The summed E-state index contributed by atoms with van der Waals surface area (Å²) in [7, 11) is 0. The summed E-state index contributed by atoms with van der Waals surface area (Å²) >= 11 is 0. The molecule has 3 aliphatic heterocycles. The van der Waals surface area contributed by atoms with Crippen LogP contribution in [0.3, 0.4) is 0 Å². The fraction of sp³-hybridized carbons (Fsp3) is 0.421. The predicted octanol–water partition coefficient (Wildman–Crippen LogP) is 1.73. The summed E-state index contributed by atoms with van der Waals surface area (Å²) in [6.07, 6.45) is 3.55. The van der Waals surface area contributed by atoms with Crippen LogP contribution in [0, 0.1) is 17.2 Å². The van der Waals surface area contributed by atoms with Crippen molar-refractivity contribution >= 4 is 17.4 Å². The standard InChI is InChI=1S/C19H21N3O3/c1-13(23)25-17-4-2-3-15(9-17)16(11-20)10-19(24)21-18-12-22-7-5-14(18)6-8-22/h2-4,9-10,14,18H,5-8,12H2,1H3,(H,21,24). The number of esters is 1. The van der Waals surface area contributed by atoms with E-state index in [-0.39, 0.29) is 17.5 Å². The number of carbonyl (C=O) groups is 2. The second-order valence-corrected chi connectivity index (χ2v) is 6.54. The van der Waals surface area contributed by atoms with E-state index in [1.807, 2.05) is 0 Å². The smallest absolute Gasteiger partial charge is 0.308 e. The minimum absolute atomic E-state index is 0.151. The number of fused-ring (bicyclic) bond motifs is 3. The van der Waals surface area contributed by atoms with Crippen molar-refractivity contribution in [3.05, 3.63) is 35.9 Å². The Hall–Kier alpha value is -2.65. The van der Waals surface area contributed by atoms with Crippen LogP contribution >= 0.6 is 0 Å². The van der Waals surface area contributed by atoms with Gasteiger partial charge >= 0.3 is 5.97 Å². The second kappa shape index (κ2) is 7.49. The van der Waals surface area contributed by atoms with Crippen LogP contribution < -0.4 is 10.1 Å². The largest absolute Gasteiger partial charge is 0.427 e. The molecule has 6 heteroatoms. The maximum Gasteiger partial charge on any atom is 0.308 e. The van der Waals surface area contributed by atoms with Crippen LogP contribution in [0.2, 0.25) is 0 Å². The lowest BCUT2D eigenvalue weighted by Gasteiger charge is -2.44. The van der Waals surface area contributed by atoms with E-state index in [4.69, 9.17) is 4.74 Å². The van der Waals surface area contributed by atoms with Gasteiger partial charge in [-0.2, -0.15) is 5.26 Å². The van der Waals surface area contributed by atoms with Gasteiger partial charge in [0.25, 0.3) is 0 Å². The van der Waals surface area contributed by atoms with Gasteiger partial charge in [-0.1, -0.05) is 12.1 Å². The lowest BCUT2D eigenvalue weighted by atomic mass is 9.84. The van der Waals surface area contributed by atoms with E-state index in [1.165, 1.54) is 13.0 Å². The molecule has 1 aromatic carbocycles. The van der Waals surface area contributed by atoms with Crippen LogP contribution in [0.4, 0.5) is 0 Å². The van der Waals surface area contributed by atoms with Crippen LogP contribution in [0.1, 0.15) is 25.3 Å². The Kier molecular flexibility index (Phi) is 5.15. The third kappa shape index (κ3) is 4.25. The van der Waals surface area contributed by atoms with Gasteiger partial charge in [-0.25, -0.2) is 0 Å². The molecule has 0 radical (unpaired) electrons. The summed E-state index contributed by atoms with van der Waals surface area (Å²) in [5.74, 6) is 0.192. The monoisotopic (exact) mass is 339 g/mol. The molecule has 1 unspecified atom stereocenters. The summed E-state index contributed by atoms with van der Waals surface area (Å²) in [5.41, 5.74) is 0.790. The van der Waals surface area contributed by atoms with Crippen molar-refractivity contribution in [2.75, 3.05) is 19.6 Å². The van der Waals surface area contributed by atoms with Gasteiger partial charge in [-0.05, 0) is 49.5 Å². The van der Waals surface area contributed by atoms with Gasteiger partial charge in [-0.3, -0.25) is 9.59 Å². The van der Waals surface area contributed by atoms with Crippen LogP contribution in [-0.2, 0) is 9.59 Å². The number of amides is 1. The normalized spacial score (nSPS) is 25.1. The number of nitrogens with zero attached hydrogens (tertiary/aromatic N) is 2. The summed E-state index contributed by atoms with van der Waals surface area (Å²) < 4.78 is 5.03. The maximum absolute atomic E-state index is 12.4. The van der Waals surface area contributed by atoms with E-state index < -0.39 is 5.97 Å². The van der Waals surface area contributed by atoms with Crippen LogP contribution in [0.15, 0.2) is 30.3 Å². The number of nitrogens with one attached hydrogen (secondary N) is 1. The number of piperidine rings is 3. The summed E-state index contributed by atoms with van der Waals surface area (Å²) in [4.78, 5) is 25.8. The Morgan fingerprint density at radius 1 is 1.36 bits per heavy atom. The molecule has 0 aliphatic carbocycles. The van der Waals surface area contributed by atoms with Crippen LogP contribution in [0.5, 0.6) is 5.75 Å². The molecule has 4 rings (SSSR count). The van der Waals surface area contributed by atoms with Crippen molar-refractivity contribution in [2.45, 2.75) is 25.8 Å². The van der Waals surface area contributed by atoms with Gasteiger partial charge in [0.15, 0.2) is 0 Å². The van der Waals surface area contributed by atoms with Crippen LogP contribution in [-0.4, -0.2) is 42.5 Å². The number of nitriles is 1. The van der Waals surface area contributed by atoms with E-state index in [9.17, 15) is 14.9 Å². The molecular weight excluding hydrogens is 318 g/mol. The Morgan fingerprint density at radius 2 is 2.12 bits per heavy atom. The first-order valence-corrected chi connectivity index (χ1v) is 8.48. The Morgan fingerprint density at radius 3 is 2.72 bits per heavy atom. The molecule has 6 nitrogen and oxygen atoms in total. The van der Waals surface area contributed by atoms with Gasteiger partial charge in [0, 0.05) is 25.6 Å². The number of hydrogen-bond acceptors (Lipinski definition) is 5. The number of ether oxygens (including phenoxy) is 1. The molecule has 1 amide bonds. The Balaban J connectivity index is 1.71. The van der Waals surface area contributed by atoms with Gasteiger partial charge in [0.05, 0.1) is 11.6 Å². The minimum Gasteiger partial charge on any atom is -0.427 e. The Labute approximate surface area is 147 Å². The highest BCUT2D eigenvalue weighted by Crippen LogP contribution is 2.27. The molecule has 0 spiro atoms. The average Bonchev–Trinajstić information content (AvgIpc) is 2.60. The first kappa shape index (κ1) is 17.2. The number of hydrogen-bond donors (Lipinski definition) is 1. The zero-order valence-corrected chi connectivity index (χ0v) is 14.2. The number of rotatable bonds is 4. The SMILES string of the molecule is CC(=O)Oc1cccc(C(C#N)=CC(=O)NC2CN3CCC2CC3)c1. The van der Waals surface area contributed by atoms with Crippen molar-refractivity contribution in [3.8, 4) is 11.8 Å². The summed E-state index contributed by atoms with van der Waals surface area (Å²) in [6, 6.07) is 8.81. The predicted molar refractivity (Wildman–Crippen MR) is 92.4 cm³/mol. The van der Waals surface area contributed by atoms with Gasteiger partial charge in [-0.15, -0.1) is 0 Å². The minimum atomic E-state index is -0.431. The highest BCUT2D eigenvalue weighted by atomic mass is 16.5. The van der Waals surface area contributed by atoms with Crippen molar-refractivity contribution < 1.29 is 14.3 Å². The third-order valence-electron chi connectivity index (χ3n) is 4.79. The van der Waals surface area contributed by atoms with E-state index in [0.29, 0.717) is 17.2 Å². The first-order valence-electron chi connectivity index (χ1n) is 8.48. The van der Waals surface area contributed by atoms with E-state index in [1.54, 1.807) is 24.3 Å². The topological polar surface area (TPSA) is 82.4 Å². The lowest BCUT2D eigenvalue weighted by molar-refractivity contribution is -0.131. The second-order valence-electron chi connectivity index (χ2n) is 6.54. The lowest BCUT2D eigenvalue weighted by Crippen LogP contribution is -2.57. The summed E-state index contributed by atoms with van der Waals surface area (Å²) in [6.45, 7) is 4.42. The van der Waals surface area contributed by atoms with Gasteiger partial charge in [0.2, 0.25) is 5.91 Å². The molecule has 3 saturated heterocycles. The fourth-order valence-corrected chi connectivity index (χ4v) is 3.56. The number of carbonyl (C=O) groups excluding carboxylic acids is 2. The van der Waals surface area contributed by atoms with E-state index >= 15 is 0 Å². The molecule has 1 atom stereocenters. The first-order chi connectivity index (χ1) is 12.0. The fourth-order valence-electron chi connectivity index (χ4n) is 3.56. The Bertz CT molecular complexity index is 743. The molecule has 2 bridgehead atoms. The van der Waals surface area contributed by atoms with Crippen molar-refractivity contribution in [1.29, 1.82) is 5.26 Å². The van der Waals surface area contributed by atoms with Gasteiger partial charge in [0.1, 0.15) is 5.75 Å². The van der Waals surface area contributed by atoms with Crippen molar-refractivity contribution in [2.24, 2.45) is 5.92 Å². The van der Waals surface area contributed by atoms with Crippen molar-refractivity contribution in [1.82, 2.24) is 10.2 Å².